The summed E-state index contributed by atoms with van der Waals surface area (Å²) >= 11 is 7.74. The van der Waals surface area contributed by atoms with E-state index in [0.29, 0.717) is 16.8 Å². The molecule has 0 aliphatic heterocycles. The lowest BCUT2D eigenvalue weighted by Crippen LogP contribution is -2.23. The standard InChI is InChI=1S/C19H23ClN4OS.C3H6F2O.CH3NO/c1-12-16-14(23-18(24(16)4)19(2,3)8-9-26-5)11-22-17(12)25-15-7-6-13(20)10-21-15;1-6-2-3(4)5;2-1-3/h6-7,10-11H,8-9H2,1-5H3;3H,2H2,1H3;1H,(H2,2,3). The molecule has 0 radical (unpaired) electrons. The highest BCUT2D eigenvalue weighted by Crippen LogP contribution is 2.33. The summed E-state index contributed by atoms with van der Waals surface area (Å²) in [5.41, 5.74) is 7.02. The van der Waals surface area contributed by atoms with Crippen LogP contribution in [0.3, 0.4) is 0 Å². The van der Waals surface area contributed by atoms with Gasteiger partial charge in [0.2, 0.25) is 18.2 Å². The number of aryl methyl sites for hydroxylation is 2. The van der Waals surface area contributed by atoms with E-state index in [1.807, 2.05) is 18.7 Å². The fourth-order valence-electron chi connectivity index (χ4n) is 3.20. The molecule has 0 bridgehead atoms. The molecule has 0 atom stereocenters. The molecule has 0 fully saturated rings. The Labute approximate surface area is 213 Å². The van der Waals surface area contributed by atoms with Crippen LogP contribution in [0.25, 0.3) is 11.0 Å². The van der Waals surface area contributed by atoms with Gasteiger partial charge in [-0.3, -0.25) is 4.79 Å². The van der Waals surface area contributed by atoms with E-state index in [1.54, 1.807) is 24.5 Å². The van der Waals surface area contributed by atoms with Gasteiger partial charge in [0, 0.05) is 37.4 Å². The zero-order valence-corrected chi connectivity index (χ0v) is 22.3. The van der Waals surface area contributed by atoms with Crippen LogP contribution in [-0.4, -0.2) is 58.1 Å². The van der Waals surface area contributed by atoms with Gasteiger partial charge in [0.25, 0.3) is 6.43 Å². The second-order valence-corrected chi connectivity index (χ2v) is 9.36. The molecule has 0 aromatic carbocycles. The van der Waals surface area contributed by atoms with Crippen molar-refractivity contribution < 1.29 is 23.0 Å². The normalized spacial score (nSPS) is 10.9. The average Bonchev–Trinajstić information content (AvgIpc) is 3.15. The molecule has 3 heterocycles. The molecule has 0 aliphatic rings. The number of hydrogen-bond acceptors (Lipinski definition) is 7. The van der Waals surface area contributed by atoms with Crippen LogP contribution in [-0.2, 0) is 22.0 Å². The van der Waals surface area contributed by atoms with Crippen molar-refractivity contribution in [2.75, 3.05) is 25.7 Å². The van der Waals surface area contributed by atoms with Gasteiger partial charge < -0.3 is 19.8 Å². The number of fused-ring (bicyclic) bond motifs is 1. The number of primary amides is 1. The number of thioether (sulfide) groups is 1. The first-order valence-electron chi connectivity index (χ1n) is 10.6. The second-order valence-electron chi connectivity index (χ2n) is 7.94. The number of ether oxygens (including phenoxy) is 2. The Kier molecular flexibility index (Phi) is 12.9. The molecular weight excluding hydrogens is 500 g/mol. The van der Waals surface area contributed by atoms with Crippen molar-refractivity contribution in [2.24, 2.45) is 12.8 Å². The molecule has 0 saturated heterocycles. The molecule has 0 spiro atoms. The summed E-state index contributed by atoms with van der Waals surface area (Å²) in [4.78, 5) is 22.1. The van der Waals surface area contributed by atoms with Crippen LogP contribution in [0.15, 0.2) is 24.5 Å². The Hall–Kier alpha value is -2.50. The van der Waals surface area contributed by atoms with Crippen LogP contribution in [0, 0.1) is 6.92 Å². The van der Waals surface area contributed by atoms with Gasteiger partial charge in [-0.2, -0.15) is 11.8 Å². The second kappa shape index (κ2) is 14.8. The molecule has 3 aromatic rings. The van der Waals surface area contributed by atoms with Gasteiger partial charge in [-0.25, -0.2) is 23.7 Å². The maximum atomic E-state index is 10.9. The lowest BCUT2D eigenvalue weighted by molar-refractivity contribution is -0.106. The quantitative estimate of drug-likeness (QED) is 0.401. The fraction of sp³-hybridized carbons (Fsp3) is 0.478. The molecular formula is C23H32ClF2N5O3S. The number of pyridine rings is 2. The van der Waals surface area contributed by atoms with E-state index in [-0.39, 0.29) is 11.8 Å². The molecule has 0 unspecified atom stereocenters. The number of halogens is 3. The van der Waals surface area contributed by atoms with E-state index in [1.165, 1.54) is 7.11 Å². The van der Waals surface area contributed by atoms with Crippen molar-refractivity contribution in [3.05, 3.63) is 40.9 Å². The summed E-state index contributed by atoms with van der Waals surface area (Å²) < 4.78 is 33.9. The maximum Gasteiger partial charge on any atom is 0.261 e. The van der Waals surface area contributed by atoms with Gasteiger partial charge in [-0.1, -0.05) is 25.4 Å². The van der Waals surface area contributed by atoms with Crippen molar-refractivity contribution in [3.63, 3.8) is 0 Å². The van der Waals surface area contributed by atoms with Crippen molar-refractivity contribution >= 4 is 40.8 Å². The van der Waals surface area contributed by atoms with E-state index in [9.17, 15) is 8.78 Å². The minimum absolute atomic E-state index is 0.0119. The molecule has 0 saturated carbocycles. The van der Waals surface area contributed by atoms with Crippen LogP contribution in [0.1, 0.15) is 31.7 Å². The Morgan fingerprint density at radius 2 is 1.94 bits per heavy atom. The summed E-state index contributed by atoms with van der Waals surface area (Å²) in [5, 5.41) is 0.571. The number of nitrogens with zero attached hydrogens (tertiary/aromatic N) is 4. The maximum absolute atomic E-state index is 10.9. The highest BCUT2D eigenvalue weighted by Gasteiger charge is 2.27. The monoisotopic (exact) mass is 531 g/mol. The van der Waals surface area contributed by atoms with E-state index in [2.05, 4.69) is 52.2 Å². The highest BCUT2D eigenvalue weighted by molar-refractivity contribution is 7.98. The predicted molar refractivity (Wildman–Crippen MR) is 137 cm³/mol. The molecule has 194 valence electrons. The third-order valence-electron chi connectivity index (χ3n) is 4.83. The Morgan fingerprint density at radius 3 is 2.43 bits per heavy atom. The molecule has 2 N–H and O–H groups in total. The number of nitrogens with two attached hydrogens (primary N) is 1. The molecule has 35 heavy (non-hydrogen) atoms. The number of amides is 1. The number of carbonyl (C=O) groups excluding carboxylic acids is 1. The minimum atomic E-state index is -2.32. The number of carbonyl (C=O) groups is 1. The lowest BCUT2D eigenvalue weighted by atomic mass is 9.89. The molecule has 1 amide bonds. The van der Waals surface area contributed by atoms with Gasteiger partial charge in [0.05, 0.1) is 16.7 Å². The van der Waals surface area contributed by atoms with Crippen LogP contribution >= 0.6 is 23.4 Å². The van der Waals surface area contributed by atoms with E-state index in [4.69, 9.17) is 26.1 Å². The number of aromatic nitrogens is 4. The van der Waals surface area contributed by atoms with Crippen LogP contribution in [0.2, 0.25) is 5.02 Å². The zero-order valence-electron chi connectivity index (χ0n) is 20.7. The fourth-order valence-corrected chi connectivity index (χ4v) is 4.02. The van der Waals surface area contributed by atoms with Gasteiger partial charge in [0.1, 0.15) is 17.9 Å². The first-order chi connectivity index (χ1) is 16.5. The van der Waals surface area contributed by atoms with Crippen LogP contribution in [0.4, 0.5) is 8.78 Å². The minimum Gasteiger partial charge on any atom is -0.420 e. The summed E-state index contributed by atoms with van der Waals surface area (Å²) in [5.74, 6) is 3.16. The first-order valence-corrected chi connectivity index (χ1v) is 12.3. The Bertz CT molecular complexity index is 1070. The van der Waals surface area contributed by atoms with Crippen molar-refractivity contribution in [3.8, 4) is 11.8 Å². The topological polar surface area (TPSA) is 105 Å². The molecule has 8 nitrogen and oxygen atoms in total. The Balaban J connectivity index is 0.000000586. The zero-order chi connectivity index (χ0) is 26.6. The van der Waals surface area contributed by atoms with Crippen molar-refractivity contribution in [1.29, 1.82) is 0 Å². The van der Waals surface area contributed by atoms with Crippen LogP contribution in [0.5, 0.6) is 11.8 Å². The summed E-state index contributed by atoms with van der Waals surface area (Å²) in [6, 6.07) is 3.47. The third kappa shape index (κ3) is 9.23. The molecule has 0 aliphatic carbocycles. The highest BCUT2D eigenvalue weighted by atomic mass is 35.5. The predicted octanol–water partition coefficient (Wildman–Crippen LogP) is 5.15. The summed E-state index contributed by atoms with van der Waals surface area (Å²) in [6.45, 7) is 6.02. The lowest BCUT2D eigenvalue weighted by Gasteiger charge is -2.23. The SMILES string of the molecule is COCC(F)F.CSCCC(C)(C)c1nc2cnc(Oc3ccc(Cl)cn3)c(C)c2n1C.NC=O. The first kappa shape index (κ1) is 30.5. The van der Waals surface area contributed by atoms with Crippen molar-refractivity contribution in [1.82, 2.24) is 19.5 Å². The van der Waals surface area contributed by atoms with Crippen molar-refractivity contribution in [2.45, 2.75) is 39.0 Å². The van der Waals surface area contributed by atoms with Gasteiger partial charge in [-0.05, 0) is 31.4 Å². The number of imidazole rings is 1. The number of hydrogen-bond donors (Lipinski definition) is 1. The van der Waals surface area contributed by atoms with Gasteiger partial charge in [0.15, 0.2) is 0 Å². The van der Waals surface area contributed by atoms with E-state index in [0.717, 1.165) is 34.6 Å². The van der Waals surface area contributed by atoms with Gasteiger partial charge in [-0.15, -0.1) is 0 Å². The molecule has 3 rings (SSSR count). The number of rotatable bonds is 8. The Morgan fingerprint density at radius 1 is 1.29 bits per heavy atom. The summed E-state index contributed by atoms with van der Waals surface area (Å²) in [7, 11) is 3.30. The molecule has 12 heteroatoms. The average molecular weight is 532 g/mol. The number of methoxy groups -OCH3 is 1. The number of alkyl halides is 2. The van der Waals surface area contributed by atoms with E-state index >= 15 is 0 Å². The van der Waals surface area contributed by atoms with E-state index < -0.39 is 13.0 Å². The van der Waals surface area contributed by atoms with Gasteiger partial charge >= 0.3 is 0 Å². The third-order valence-corrected chi connectivity index (χ3v) is 5.67. The largest absolute Gasteiger partial charge is 0.420 e. The summed E-state index contributed by atoms with van der Waals surface area (Å²) in [6.07, 6.45) is 4.45. The molecule has 3 aromatic heterocycles. The smallest absolute Gasteiger partial charge is 0.261 e. The van der Waals surface area contributed by atoms with Crippen LogP contribution < -0.4 is 10.5 Å².